The van der Waals surface area contributed by atoms with Crippen molar-refractivity contribution in [3.05, 3.63) is 60.2 Å². The lowest BCUT2D eigenvalue weighted by atomic mass is 10.2. The van der Waals surface area contributed by atoms with Crippen LogP contribution in [0.25, 0.3) is 22.2 Å². The fourth-order valence-electron chi connectivity index (χ4n) is 3.11. The minimum atomic E-state index is -0.721. The summed E-state index contributed by atoms with van der Waals surface area (Å²) in [7, 11) is 1.67. The lowest BCUT2D eigenvalue weighted by Gasteiger charge is -2.07. The van der Waals surface area contributed by atoms with Gasteiger partial charge in [0.2, 0.25) is 0 Å². The number of ether oxygens (including phenoxy) is 1. The monoisotopic (exact) mass is 440 g/mol. The Morgan fingerprint density at radius 3 is 2.69 bits per heavy atom. The van der Waals surface area contributed by atoms with Gasteiger partial charge in [0, 0.05) is 36.5 Å². The van der Waals surface area contributed by atoms with Gasteiger partial charge in [-0.1, -0.05) is 0 Å². The van der Waals surface area contributed by atoms with Gasteiger partial charge in [-0.05, 0) is 25.1 Å². The maximum Gasteiger partial charge on any atom is 0.327 e. The van der Waals surface area contributed by atoms with Crippen LogP contribution in [0.15, 0.2) is 42.9 Å². The molecule has 3 aromatic heterocycles. The molecule has 1 aromatic carbocycles. The Bertz CT molecular complexity index is 1330. The lowest BCUT2D eigenvalue weighted by Crippen LogP contribution is -2.15. The number of amides is 1. The van der Waals surface area contributed by atoms with Crippen LogP contribution in [0.3, 0.4) is 0 Å². The zero-order valence-corrected chi connectivity index (χ0v) is 17.2. The van der Waals surface area contributed by atoms with E-state index in [2.05, 4.69) is 20.5 Å². The smallest absolute Gasteiger partial charge is 0.327 e. The standard InChI is InChI=1S/C21H18F2N6O3/c1-3-32-19(30)11-29-10-12-6-18(15(23)7-17(12)27-29)26-21(31)16-5-4-14(22)20(25-16)13-8-24-28(2)9-13/h4-10H,3,11H2,1-2H3,(H,26,31). The zero-order valence-electron chi connectivity index (χ0n) is 17.2. The summed E-state index contributed by atoms with van der Waals surface area (Å²) in [5, 5.41) is 11.1. The molecular formula is C21H18F2N6O3. The minimum Gasteiger partial charge on any atom is -0.465 e. The van der Waals surface area contributed by atoms with Crippen molar-refractivity contribution in [3.63, 3.8) is 0 Å². The highest BCUT2D eigenvalue weighted by molar-refractivity contribution is 6.04. The Hall–Kier alpha value is -4.15. The number of carbonyl (C=O) groups excluding carboxylic acids is 2. The van der Waals surface area contributed by atoms with Gasteiger partial charge in [0.1, 0.15) is 29.6 Å². The van der Waals surface area contributed by atoms with Gasteiger partial charge >= 0.3 is 5.97 Å². The van der Waals surface area contributed by atoms with Crippen LogP contribution in [0.5, 0.6) is 0 Å². The molecule has 9 nitrogen and oxygen atoms in total. The van der Waals surface area contributed by atoms with E-state index in [1.165, 1.54) is 33.9 Å². The molecule has 0 spiro atoms. The first kappa shape index (κ1) is 21.1. The molecule has 3 heterocycles. The number of anilines is 1. The Morgan fingerprint density at radius 2 is 1.97 bits per heavy atom. The number of nitrogens with one attached hydrogen (secondary N) is 1. The Balaban J connectivity index is 1.58. The highest BCUT2D eigenvalue weighted by atomic mass is 19.1. The second kappa shape index (κ2) is 8.53. The van der Waals surface area contributed by atoms with Crippen molar-refractivity contribution in [2.45, 2.75) is 13.5 Å². The second-order valence-corrected chi connectivity index (χ2v) is 6.91. The molecule has 0 atom stereocenters. The number of nitrogens with zero attached hydrogens (tertiary/aromatic N) is 5. The van der Waals surface area contributed by atoms with Crippen LogP contribution in [0.4, 0.5) is 14.5 Å². The summed E-state index contributed by atoms with van der Waals surface area (Å²) in [4.78, 5) is 28.4. The third kappa shape index (κ3) is 4.31. The number of hydrogen-bond acceptors (Lipinski definition) is 6. The number of hydrogen-bond donors (Lipinski definition) is 1. The molecule has 164 valence electrons. The molecule has 0 unspecified atom stereocenters. The third-order valence-electron chi connectivity index (χ3n) is 4.54. The quantitative estimate of drug-likeness (QED) is 0.463. The third-order valence-corrected chi connectivity index (χ3v) is 4.54. The van der Waals surface area contributed by atoms with Crippen molar-refractivity contribution in [2.75, 3.05) is 11.9 Å². The SMILES string of the molecule is CCOC(=O)Cn1cc2cc(NC(=O)c3ccc(F)c(-c4cnn(C)c4)n3)c(F)cc2n1. The first-order chi connectivity index (χ1) is 15.3. The van der Waals surface area contributed by atoms with E-state index >= 15 is 0 Å². The number of benzene rings is 1. The number of esters is 1. The molecule has 0 bridgehead atoms. The first-order valence-electron chi connectivity index (χ1n) is 9.63. The van der Waals surface area contributed by atoms with Crippen molar-refractivity contribution < 1.29 is 23.1 Å². The van der Waals surface area contributed by atoms with Gasteiger partial charge in [-0.15, -0.1) is 0 Å². The molecule has 0 fully saturated rings. The van der Waals surface area contributed by atoms with Crippen molar-refractivity contribution >= 4 is 28.5 Å². The number of carbonyl (C=O) groups is 2. The summed E-state index contributed by atoms with van der Waals surface area (Å²) >= 11 is 0. The number of pyridine rings is 1. The molecular weight excluding hydrogens is 422 g/mol. The van der Waals surface area contributed by atoms with Crippen LogP contribution < -0.4 is 5.32 Å². The molecule has 32 heavy (non-hydrogen) atoms. The van der Waals surface area contributed by atoms with Gasteiger partial charge in [-0.25, -0.2) is 13.8 Å². The first-order valence-corrected chi connectivity index (χ1v) is 9.63. The zero-order chi connectivity index (χ0) is 22.8. The normalized spacial score (nSPS) is 11.0. The Labute approximate surface area is 180 Å². The van der Waals surface area contributed by atoms with Crippen LogP contribution in [-0.2, 0) is 23.1 Å². The number of fused-ring (bicyclic) bond motifs is 1. The average molecular weight is 440 g/mol. The van der Waals surface area contributed by atoms with E-state index in [1.807, 2.05) is 0 Å². The topological polar surface area (TPSA) is 104 Å². The van der Waals surface area contributed by atoms with Gasteiger partial charge in [0.25, 0.3) is 5.91 Å². The predicted molar refractivity (Wildman–Crippen MR) is 111 cm³/mol. The molecule has 0 saturated carbocycles. The van der Waals surface area contributed by atoms with E-state index in [1.54, 1.807) is 20.2 Å². The fraction of sp³-hybridized carbons (Fsp3) is 0.190. The molecule has 0 radical (unpaired) electrons. The Morgan fingerprint density at radius 1 is 1.16 bits per heavy atom. The molecule has 4 aromatic rings. The summed E-state index contributed by atoms with van der Waals surface area (Å²) in [6.07, 6.45) is 4.53. The summed E-state index contributed by atoms with van der Waals surface area (Å²) in [6, 6.07) is 4.86. The summed E-state index contributed by atoms with van der Waals surface area (Å²) in [6.45, 7) is 1.81. The summed E-state index contributed by atoms with van der Waals surface area (Å²) in [5.41, 5.74) is 0.474. The minimum absolute atomic E-state index is 0.0399. The molecule has 1 amide bonds. The predicted octanol–water partition coefficient (Wildman–Crippen LogP) is 2.93. The number of rotatable bonds is 6. The Kier molecular flexibility index (Phi) is 5.63. The van der Waals surface area contributed by atoms with Gasteiger partial charge in [-0.2, -0.15) is 10.2 Å². The fourth-order valence-corrected chi connectivity index (χ4v) is 3.11. The molecule has 0 aliphatic carbocycles. The number of aromatic nitrogens is 5. The van der Waals surface area contributed by atoms with Crippen LogP contribution >= 0.6 is 0 Å². The molecule has 0 saturated heterocycles. The van der Waals surface area contributed by atoms with Crippen LogP contribution in [0, 0.1) is 11.6 Å². The van der Waals surface area contributed by atoms with Crippen molar-refractivity contribution in [2.24, 2.45) is 7.05 Å². The molecule has 0 aliphatic heterocycles. The van der Waals surface area contributed by atoms with Gasteiger partial charge in [0.05, 0.1) is 24.0 Å². The van der Waals surface area contributed by atoms with Crippen LogP contribution in [-0.4, -0.2) is 43.0 Å². The second-order valence-electron chi connectivity index (χ2n) is 6.91. The summed E-state index contributed by atoms with van der Waals surface area (Å²) < 4.78 is 36.4. The highest BCUT2D eigenvalue weighted by Crippen LogP contribution is 2.24. The van der Waals surface area contributed by atoms with Crippen LogP contribution in [0.1, 0.15) is 17.4 Å². The number of aryl methyl sites for hydroxylation is 1. The summed E-state index contributed by atoms with van der Waals surface area (Å²) in [5.74, 6) is -2.52. The molecule has 1 N–H and O–H groups in total. The molecule has 11 heteroatoms. The van der Waals surface area contributed by atoms with Crippen molar-refractivity contribution in [3.8, 4) is 11.3 Å². The lowest BCUT2D eigenvalue weighted by molar-refractivity contribution is -0.144. The van der Waals surface area contributed by atoms with E-state index in [0.29, 0.717) is 16.5 Å². The number of halogens is 2. The van der Waals surface area contributed by atoms with Crippen molar-refractivity contribution in [1.82, 2.24) is 24.5 Å². The average Bonchev–Trinajstić information content (AvgIpc) is 3.34. The van der Waals surface area contributed by atoms with Gasteiger partial charge in [-0.3, -0.25) is 19.0 Å². The van der Waals surface area contributed by atoms with E-state index in [-0.39, 0.29) is 30.2 Å². The van der Waals surface area contributed by atoms with E-state index in [9.17, 15) is 18.4 Å². The maximum atomic E-state index is 14.6. The van der Waals surface area contributed by atoms with E-state index in [4.69, 9.17) is 4.74 Å². The highest BCUT2D eigenvalue weighted by Gasteiger charge is 2.17. The van der Waals surface area contributed by atoms with E-state index in [0.717, 1.165) is 12.1 Å². The molecule has 0 aliphatic rings. The maximum absolute atomic E-state index is 14.6. The molecule has 4 rings (SSSR count). The van der Waals surface area contributed by atoms with E-state index < -0.39 is 23.5 Å². The van der Waals surface area contributed by atoms with Gasteiger partial charge in [0.15, 0.2) is 0 Å². The van der Waals surface area contributed by atoms with Crippen LogP contribution in [0.2, 0.25) is 0 Å². The van der Waals surface area contributed by atoms with Crippen molar-refractivity contribution in [1.29, 1.82) is 0 Å². The largest absolute Gasteiger partial charge is 0.465 e. The van der Waals surface area contributed by atoms with Gasteiger partial charge < -0.3 is 10.1 Å².